The Kier molecular flexibility index (Phi) is 5.73. The summed E-state index contributed by atoms with van der Waals surface area (Å²) in [6, 6.07) is 0.0118. The Balaban J connectivity index is 2.62. The van der Waals surface area contributed by atoms with Crippen LogP contribution < -0.4 is 5.32 Å². The topological polar surface area (TPSA) is 84.2 Å². The molecule has 0 saturated carbocycles. The number of carbonyl (C=O) groups excluding carboxylic acids is 1. The Hall–Kier alpha value is -1.85. The first-order valence-electron chi connectivity index (χ1n) is 6.89. The number of aromatic carboxylic acids is 1. The first kappa shape index (κ1) is 16.2. The SMILES string of the molecule is CC(C)CCC[C@H](C)NC(=O)c1c(C(=O)O)cnn1C. The van der Waals surface area contributed by atoms with Crippen LogP contribution in [0, 0.1) is 5.92 Å². The van der Waals surface area contributed by atoms with E-state index in [1.54, 1.807) is 7.05 Å². The lowest BCUT2D eigenvalue weighted by atomic mass is 10.0. The number of rotatable bonds is 7. The predicted molar refractivity (Wildman–Crippen MR) is 75.8 cm³/mol. The van der Waals surface area contributed by atoms with Crippen LogP contribution >= 0.6 is 0 Å². The van der Waals surface area contributed by atoms with E-state index in [4.69, 9.17) is 5.11 Å². The molecule has 2 N–H and O–H groups in total. The zero-order valence-electron chi connectivity index (χ0n) is 12.5. The van der Waals surface area contributed by atoms with Gasteiger partial charge in [-0.1, -0.05) is 26.7 Å². The summed E-state index contributed by atoms with van der Waals surface area (Å²) in [6.07, 6.45) is 4.23. The molecule has 0 radical (unpaired) electrons. The van der Waals surface area contributed by atoms with Crippen molar-refractivity contribution in [2.45, 2.75) is 46.1 Å². The van der Waals surface area contributed by atoms with Crippen LogP contribution in [-0.4, -0.2) is 32.8 Å². The van der Waals surface area contributed by atoms with Crippen molar-refractivity contribution in [3.05, 3.63) is 17.5 Å². The largest absolute Gasteiger partial charge is 0.478 e. The van der Waals surface area contributed by atoms with E-state index in [1.165, 1.54) is 10.9 Å². The van der Waals surface area contributed by atoms with Gasteiger partial charge in [0.1, 0.15) is 11.3 Å². The van der Waals surface area contributed by atoms with Gasteiger partial charge < -0.3 is 10.4 Å². The standard InChI is InChI=1S/C14H23N3O3/c1-9(2)6-5-7-10(3)16-13(18)12-11(14(19)20)8-15-17(12)4/h8-10H,5-7H2,1-4H3,(H,16,18)(H,19,20)/t10-/m0/s1. The highest BCUT2D eigenvalue weighted by molar-refractivity contribution is 6.03. The van der Waals surface area contributed by atoms with E-state index >= 15 is 0 Å². The van der Waals surface area contributed by atoms with Gasteiger partial charge in [-0.2, -0.15) is 5.10 Å². The summed E-state index contributed by atoms with van der Waals surface area (Å²) in [4.78, 5) is 23.2. The van der Waals surface area contributed by atoms with Crippen LogP contribution in [-0.2, 0) is 7.05 Å². The second-order valence-electron chi connectivity index (χ2n) is 5.53. The number of amides is 1. The van der Waals surface area contributed by atoms with Gasteiger partial charge in [0.15, 0.2) is 0 Å². The third-order valence-corrected chi connectivity index (χ3v) is 3.18. The first-order chi connectivity index (χ1) is 9.32. The quantitative estimate of drug-likeness (QED) is 0.801. The average molecular weight is 281 g/mol. The Morgan fingerprint density at radius 2 is 2.00 bits per heavy atom. The minimum absolute atomic E-state index is 0.0118. The molecule has 0 unspecified atom stereocenters. The molecule has 1 aromatic rings. The Morgan fingerprint density at radius 1 is 1.35 bits per heavy atom. The molecule has 112 valence electrons. The summed E-state index contributed by atoms with van der Waals surface area (Å²) in [5.41, 5.74) is 0.0209. The molecular weight excluding hydrogens is 258 g/mol. The van der Waals surface area contributed by atoms with E-state index in [9.17, 15) is 9.59 Å². The second-order valence-corrected chi connectivity index (χ2v) is 5.53. The van der Waals surface area contributed by atoms with Crippen molar-refractivity contribution in [2.75, 3.05) is 0 Å². The Labute approximate surface area is 119 Å². The number of nitrogens with one attached hydrogen (secondary N) is 1. The smallest absolute Gasteiger partial charge is 0.339 e. The van der Waals surface area contributed by atoms with Crippen LogP contribution in [0.3, 0.4) is 0 Å². The zero-order valence-corrected chi connectivity index (χ0v) is 12.5. The van der Waals surface area contributed by atoms with Crippen molar-refractivity contribution < 1.29 is 14.7 Å². The highest BCUT2D eigenvalue weighted by Gasteiger charge is 2.22. The molecule has 0 aliphatic heterocycles. The van der Waals surface area contributed by atoms with E-state index in [0.29, 0.717) is 5.92 Å². The molecule has 0 bridgehead atoms. The van der Waals surface area contributed by atoms with Gasteiger partial charge in [0.25, 0.3) is 5.91 Å². The summed E-state index contributed by atoms with van der Waals surface area (Å²) >= 11 is 0. The summed E-state index contributed by atoms with van der Waals surface area (Å²) in [5.74, 6) is -0.885. The lowest BCUT2D eigenvalue weighted by Crippen LogP contribution is -2.34. The van der Waals surface area contributed by atoms with E-state index in [-0.39, 0.29) is 23.2 Å². The van der Waals surface area contributed by atoms with E-state index in [0.717, 1.165) is 19.3 Å². The van der Waals surface area contributed by atoms with Crippen LogP contribution in [0.25, 0.3) is 0 Å². The molecule has 0 fully saturated rings. The fraction of sp³-hybridized carbons (Fsp3) is 0.643. The summed E-state index contributed by atoms with van der Waals surface area (Å²) in [7, 11) is 1.56. The van der Waals surface area contributed by atoms with Gasteiger partial charge in [-0.25, -0.2) is 4.79 Å². The third-order valence-electron chi connectivity index (χ3n) is 3.18. The molecule has 0 aliphatic carbocycles. The molecule has 0 spiro atoms. The van der Waals surface area contributed by atoms with Crippen LogP contribution in [0.4, 0.5) is 0 Å². The maximum Gasteiger partial charge on any atom is 0.339 e. The number of carboxylic acid groups (broad SMARTS) is 1. The van der Waals surface area contributed by atoms with Crippen molar-refractivity contribution in [3.63, 3.8) is 0 Å². The maximum atomic E-state index is 12.1. The number of aryl methyl sites for hydroxylation is 1. The van der Waals surface area contributed by atoms with Crippen molar-refractivity contribution in [1.82, 2.24) is 15.1 Å². The van der Waals surface area contributed by atoms with Crippen LogP contribution in [0.5, 0.6) is 0 Å². The van der Waals surface area contributed by atoms with Crippen LogP contribution in [0.1, 0.15) is 60.9 Å². The number of aromatic nitrogens is 2. The summed E-state index contributed by atoms with van der Waals surface area (Å²) < 4.78 is 1.29. The first-order valence-corrected chi connectivity index (χ1v) is 6.89. The molecule has 1 atom stereocenters. The lowest BCUT2D eigenvalue weighted by Gasteiger charge is -2.15. The van der Waals surface area contributed by atoms with Gasteiger partial charge in [-0.05, 0) is 19.3 Å². The summed E-state index contributed by atoms with van der Waals surface area (Å²) in [6.45, 7) is 6.26. The monoisotopic (exact) mass is 281 g/mol. The highest BCUT2D eigenvalue weighted by atomic mass is 16.4. The van der Waals surface area contributed by atoms with Gasteiger partial charge in [0, 0.05) is 13.1 Å². The molecule has 1 rings (SSSR count). The number of carboxylic acids is 1. The van der Waals surface area contributed by atoms with Crippen LogP contribution in [0.2, 0.25) is 0 Å². The third kappa shape index (κ3) is 4.36. The Bertz CT molecular complexity index is 480. The molecule has 0 aromatic carbocycles. The number of nitrogens with zero attached hydrogens (tertiary/aromatic N) is 2. The van der Waals surface area contributed by atoms with Gasteiger partial charge in [-0.3, -0.25) is 9.48 Å². The Morgan fingerprint density at radius 3 is 2.55 bits per heavy atom. The molecule has 1 aromatic heterocycles. The number of hydrogen-bond acceptors (Lipinski definition) is 3. The van der Waals surface area contributed by atoms with Crippen molar-refractivity contribution in [2.24, 2.45) is 13.0 Å². The van der Waals surface area contributed by atoms with E-state index in [2.05, 4.69) is 24.3 Å². The fourth-order valence-electron chi connectivity index (χ4n) is 2.06. The minimum Gasteiger partial charge on any atom is -0.478 e. The molecular formula is C14H23N3O3. The minimum atomic E-state index is -1.14. The fourth-order valence-corrected chi connectivity index (χ4v) is 2.06. The van der Waals surface area contributed by atoms with Crippen molar-refractivity contribution in [1.29, 1.82) is 0 Å². The predicted octanol–water partition coefficient (Wildman–Crippen LogP) is 2.06. The number of hydrogen-bond donors (Lipinski definition) is 2. The average Bonchev–Trinajstić information content (AvgIpc) is 2.70. The summed E-state index contributed by atoms with van der Waals surface area (Å²) in [5, 5.41) is 15.7. The van der Waals surface area contributed by atoms with Gasteiger partial charge in [-0.15, -0.1) is 0 Å². The molecule has 1 heterocycles. The van der Waals surface area contributed by atoms with E-state index in [1.807, 2.05) is 6.92 Å². The van der Waals surface area contributed by atoms with Gasteiger partial charge in [0.05, 0.1) is 6.20 Å². The van der Waals surface area contributed by atoms with Gasteiger partial charge in [0.2, 0.25) is 0 Å². The molecule has 20 heavy (non-hydrogen) atoms. The number of carbonyl (C=O) groups is 2. The second kappa shape index (κ2) is 7.07. The van der Waals surface area contributed by atoms with Crippen LogP contribution in [0.15, 0.2) is 6.20 Å². The molecule has 0 saturated heterocycles. The molecule has 6 nitrogen and oxygen atoms in total. The maximum absolute atomic E-state index is 12.1. The molecule has 6 heteroatoms. The van der Waals surface area contributed by atoms with Crippen molar-refractivity contribution >= 4 is 11.9 Å². The molecule has 1 amide bonds. The van der Waals surface area contributed by atoms with E-state index < -0.39 is 5.97 Å². The highest BCUT2D eigenvalue weighted by Crippen LogP contribution is 2.11. The molecule has 0 aliphatic rings. The lowest BCUT2D eigenvalue weighted by molar-refractivity contribution is 0.0690. The zero-order chi connectivity index (χ0) is 15.3. The van der Waals surface area contributed by atoms with Gasteiger partial charge >= 0.3 is 5.97 Å². The normalized spacial score (nSPS) is 12.4. The van der Waals surface area contributed by atoms with Crippen molar-refractivity contribution in [3.8, 4) is 0 Å².